The van der Waals surface area contributed by atoms with E-state index >= 15 is 0 Å². The number of ether oxygens (including phenoxy) is 2. The van der Waals surface area contributed by atoms with Crippen LogP contribution in [0.5, 0.6) is 11.5 Å². The lowest BCUT2D eigenvalue weighted by Crippen LogP contribution is -2.24. The Morgan fingerprint density at radius 3 is 2.50 bits per heavy atom. The summed E-state index contributed by atoms with van der Waals surface area (Å²) in [7, 11) is 0. The Labute approximate surface area is 182 Å². The SMILES string of the molecule is O=C(Cn1cc(C(=O)c2ccccc2)c(=O)c2ccccc21)Nc1ccc2c(c1)OCO2. The molecule has 1 aromatic heterocycles. The van der Waals surface area contributed by atoms with Gasteiger partial charge in [-0.15, -0.1) is 0 Å². The van der Waals surface area contributed by atoms with Gasteiger partial charge in [0.05, 0.1) is 11.1 Å². The van der Waals surface area contributed by atoms with E-state index in [1.807, 2.05) is 0 Å². The first-order valence-electron chi connectivity index (χ1n) is 10.0. The van der Waals surface area contributed by atoms with Crippen LogP contribution in [-0.2, 0) is 11.3 Å². The van der Waals surface area contributed by atoms with Crippen molar-refractivity contribution < 1.29 is 19.1 Å². The van der Waals surface area contributed by atoms with Gasteiger partial charge in [-0.05, 0) is 24.3 Å². The molecule has 0 bridgehead atoms. The van der Waals surface area contributed by atoms with Gasteiger partial charge in [0.15, 0.2) is 17.3 Å². The number of hydrogen-bond donors (Lipinski definition) is 1. The summed E-state index contributed by atoms with van der Waals surface area (Å²) in [4.78, 5) is 38.8. The van der Waals surface area contributed by atoms with Gasteiger partial charge in [0.1, 0.15) is 6.54 Å². The fraction of sp³-hybridized carbons (Fsp3) is 0.0800. The average molecular weight is 426 g/mol. The van der Waals surface area contributed by atoms with Crippen LogP contribution >= 0.6 is 0 Å². The average Bonchev–Trinajstić information content (AvgIpc) is 3.29. The number of carbonyl (C=O) groups is 2. The van der Waals surface area contributed by atoms with Crippen molar-refractivity contribution >= 4 is 28.3 Å². The van der Waals surface area contributed by atoms with Crippen molar-refractivity contribution in [2.75, 3.05) is 12.1 Å². The number of anilines is 1. The van der Waals surface area contributed by atoms with Gasteiger partial charge in [-0.2, -0.15) is 0 Å². The molecule has 7 nitrogen and oxygen atoms in total. The molecule has 0 saturated carbocycles. The summed E-state index contributed by atoms with van der Waals surface area (Å²) in [5.41, 5.74) is 1.21. The third-order valence-electron chi connectivity index (χ3n) is 5.24. The van der Waals surface area contributed by atoms with E-state index in [2.05, 4.69) is 5.32 Å². The standard InChI is InChI=1S/C25H18N2O5/c28-23(26-17-10-11-21-22(12-17)32-15-31-21)14-27-13-19(24(29)16-6-2-1-3-7-16)25(30)18-8-4-5-9-20(18)27/h1-13H,14-15H2,(H,26,28). The summed E-state index contributed by atoms with van der Waals surface area (Å²) in [5, 5.41) is 3.20. The maximum Gasteiger partial charge on any atom is 0.244 e. The lowest BCUT2D eigenvalue weighted by molar-refractivity contribution is -0.116. The number of nitrogens with one attached hydrogen (secondary N) is 1. The number of pyridine rings is 1. The zero-order chi connectivity index (χ0) is 22.1. The van der Waals surface area contributed by atoms with E-state index in [4.69, 9.17) is 9.47 Å². The third-order valence-corrected chi connectivity index (χ3v) is 5.24. The Hall–Kier alpha value is -4.39. The normalized spacial score (nSPS) is 12.0. The predicted octanol–water partition coefficient (Wildman–Crippen LogP) is 3.60. The Morgan fingerprint density at radius 2 is 1.66 bits per heavy atom. The van der Waals surface area contributed by atoms with Crippen molar-refractivity contribution in [1.82, 2.24) is 4.57 Å². The van der Waals surface area contributed by atoms with Gasteiger partial charge in [-0.25, -0.2) is 0 Å². The molecule has 0 unspecified atom stereocenters. The Bertz CT molecular complexity index is 1410. The maximum atomic E-state index is 13.0. The topological polar surface area (TPSA) is 86.6 Å². The second kappa shape index (κ2) is 8.03. The van der Waals surface area contributed by atoms with Crippen molar-refractivity contribution in [3.8, 4) is 11.5 Å². The molecular weight excluding hydrogens is 408 g/mol. The highest BCUT2D eigenvalue weighted by molar-refractivity contribution is 6.10. The first kappa shape index (κ1) is 19.6. The fourth-order valence-corrected chi connectivity index (χ4v) is 3.71. The fourth-order valence-electron chi connectivity index (χ4n) is 3.71. The highest BCUT2D eigenvalue weighted by atomic mass is 16.7. The molecule has 0 atom stereocenters. The quantitative estimate of drug-likeness (QED) is 0.493. The van der Waals surface area contributed by atoms with Gasteiger partial charge in [0.25, 0.3) is 0 Å². The van der Waals surface area contributed by atoms with Crippen LogP contribution in [0.2, 0.25) is 0 Å². The molecular formula is C25H18N2O5. The van der Waals surface area contributed by atoms with Gasteiger partial charge in [0, 0.05) is 28.9 Å². The largest absolute Gasteiger partial charge is 0.454 e. The molecule has 0 spiro atoms. The zero-order valence-corrected chi connectivity index (χ0v) is 16.9. The number of carbonyl (C=O) groups excluding carboxylic acids is 2. The molecule has 7 heteroatoms. The van der Waals surface area contributed by atoms with E-state index in [-0.39, 0.29) is 36.0 Å². The van der Waals surface area contributed by atoms with Crippen LogP contribution in [0.1, 0.15) is 15.9 Å². The van der Waals surface area contributed by atoms with Gasteiger partial charge in [-0.1, -0.05) is 42.5 Å². The van der Waals surface area contributed by atoms with Crippen LogP contribution in [0.25, 0.3) is 10.9 Å². The smallest absolute Gasteiger partial charge is 0.244 e. The minimum atomic E-state index is -0.383. The summed E-state index contributed by atoms with van der Waals surface area (Å²) >= 11 is 0. The molecule has 3 aromatic carbocycles. The molecule has 1 aliphatic rings. The van der Waals surface area contributed by atoms with Crippen LogP contribution in [0.15, 0.2) is 83.8 Å². The lowest BCUT2D eigenvalue weighted by atomic mass is 10.0. The summed E-state index contributed by atoms with van der Waals surface area (Å²) in [6.45, 7) is 0.0681. The van der Waals surface area contributed by atoms with Crippen molar-refractivity contribution in [2.24, 2.45) is 0 Å². The Morgan fingerprint density at radius 1 is 0.906 bits per heavy atom. The monoisotopic (exact) mass is 426 g/mol. The number of para-hydroxylation sites is 1. The van der Waals surface area contributed by atoms with E-state index in [1.54, 1.807) is 77.4 Å². The zero-order valence-electron chi connectivity index (χ0n) is 16.9. The number of ketones is 1. The predicted molar refractivity (Wildman–Crippen MR) is 119 cm³/mol. The summed E-state index contributed by atoms with van der Waals surface area (Å²) in [5.74, 6) is 0.493. The molecule has 1 N–H and O–H groups in total. The van der Waals surface area contributed by atoms with Crippen LogP contribution in [0.4, 0.5) is 5.69 Å². The summed E-state index contributed by atoms with van der Waals surface area (Å²) in [6.07, 6.45) is 1.46. The van der Waals surface area contributed by atoms with Gasteiger partial charge in [0.2, 0.25) is 18.1 Å². The lowest BCUT2D eigenvalue weighted by Gasteiger charge is -2.13. The third kappa shape index (κ3) is 3.60. The van der Waals surface area contributed by atoms with E-state index in [0.29, 0.717) is 33.7 Å². The van der Waals surface area contributed by atoms with E-state index < -0.39 is 0 Å². The summed E-state index contributed by atoms with van der Waals surface area (Å²) < 4.78 is 12.2. The first-order chi connectivity index (χ1) is 15.6. The first-order valence-corrected chi connectivity index (χ1v) is 10.0. The summed E-state index contributed by atoms with van der Waals surface area (Å²) in [6, 6.07) is 20.7. The van der Waals surface area contributed by atoms with Crippen LogP contribution < -0.4 is 20.2 Å². The number of benzene rings is 3. The number of rotatable bonds is 5. The second-order valence-electron chi connectivity index (χ2n) is 7.33. The maximum absolute atomic E-state index is 13.0. The minimum Gasteiger partial charge on any atom is -0.454 e. The molecule has 0 saturated heterocycles. The van der Waals surface area contributed by atoms with Crippen LogP contribution in [-0.4, -0.2) is 23.1 Å². The van der Waals surface area contributed by atoms with Crippen molar-refractivity contribution in [3.63, 3.8) is 0 Å². The second-order valence-corrected chi connectivity index (χ2v) is 7.33. The number of amides is 1. The van der Waals surface area contributed by atoms with E-state index in [9.17, 15) is 14.4 Å². The minimum absolute atomic E-state index is 0.0192. The molecule has 0 aliphatic carbocycles. The molecule has 4 aromatic rings. The van der Waals surface area contributed by atoms with Crippen LogP contribution in [0, 0.1) is 0 Å². The number of aromatic nitrogens is 1. The highest BCUT2D eigenvalue weighted by Gasteiger charge is 2.18. The Kier molecular flexibility index (Phi) is 4.91. The van der Waals surface area contributed by atoms with Gasteiger partial charge >= 0.3 is 0 Å². The van der Waals surface area contributed by atoms with Crippen molar-refractivity contribution in [1.29, 1.82) is 0 Å². The Balaban J connectivity index is 1.49. The molecule has 0 radical (unpaired) electrons. The highest BCUT2D eigenvalue weighted by Crippen LogP contribution is 2.34. The van der Waals surface area contributed by atoms with E-state index in [0.717, 1.165) is 0 Å². The molecule has 32 heavy (non-hydrogen) atoms. The molecule has 1 aliphatic heterocycles. The van der Waals surface area contributed by atoms with Crippen LogP contribution in [0.3, 0.4) is 0 Å². The molecule has 5 rings (SSSR count). The number of fused-ring (bicyclic) bond motifs is 2. The number of nitrogens with zero attached hydrogens (tertiary/aromatic N) is 1. The van der Waals surface area contributed by atoms with Gasteiger partial charge in [-0.3, -0.25) is 14.4 Å². The van der Waals surface area contributed by atoms with Crippen molar-refractivity contribution in [3.05, 3.63) is 100 Å². The molecule has 0 fully saturated rings. The van der Waals surface area contributed by atoms with E-state index in [1.165, 1.54) is 6.20 Å². The van der Waals surface area contributed by atoms with Crippen molar-refractivity contribution in [2.45, 2.75) is 6.54 Å². The number of hydrogen-bond acceptors (Lipinski definition) is 5. The molecule has 2 heterocycles. The van der Waals surface area contributed by atoms with Gasteiger partial charge < -0.3 is 19.4 Å². The molecule has 1 amide bonds. The molecule has 158 valence electrons.